The zero-order valence-corrected chi connectivity index (χ0v) is 11.6. The minimum atomic E-state index is 0.784. The average Bonchev–Trinajstić information content (AvgIpc) is 2.90. The van der Waals surface area contributed by atoms with Crippen molar-refractivity contribution in [3.05, 3.63) is 40.3 Å². The summed E-state index contributed by atoms with van der Waals surface area (Å²) in [6.07, 6.45) is 4.79. The molecule has 2 rings (SSSR count). The topological polar surface area (TPSA) is 41.1 Å². The van der Waals surface area contributed by atoms with Gasteiger partial charge < -0.3 is 10.2 Å². The second-order valence-corrected chi connectivity index (χ2v) is 5.20. The van der Waals surface area contributed by atoms with E-state index >= 15 is 0 Å². The maximum absolute atomic E-state index is 4.38. The van der Waals surface area contributed by atoms with Crippen LogP contribution in [-0.4, -0.2) is 30.6 Å². The van der Waals surface area contributed by atoms with Crippen LogP contribution in [0.3, 0.4) is 0 Å². The van der Waals surface area contributed by atoms with Crippen molar-refractivity contribution in [2.45, 2.75) is 13.0 Å². The molecule has 5 heteroatoms. The van der Waals surface area contributed by atoms with Gasteiger partial charge in [-0.3, -0.25) is 0 Å². The first kappa shape index (κ1) is 13.0. The number of nitrogens with one attached hydrogen (secondary N) is 1. The highest BCUT2D eigenvalue weighted by Gasteiger charge is 2.04. The van der Waals surface area contributed by atoms with Crippen molar-refractivity contribution < 1.29 is 0 Å². The molecular formula is C13H18N4S. The lowest BCUT2D eigenvalue weighted by molar-refractivity contribution is 0.795. The van der Waals surface area contributed by atoms with Gasteiger partial charge in [0.25, 0.3) is 0 Å². The van der Waals surface area contributed by atoms with Crippen LogP contribution in [0.1, 0.15) is 10.4 Å². The average molecular weight is 262 g/mol. The second-order valence-electron chi connectivity index (χ2n) is 4.17. The van der Waals surface area contributed by atoms with E-state index in [9.17, 15) is 0 Å². The minimum absolute atomic E-state index is 0.784. The predicted molar refractivity (Wildman–Crippen MR) is 76.1 cm³/mol. The second kappa shape index (κ2) is 6.47. The molecule has 18 heavy (non-hydrogen) atoms. The molecule has 0 aliphatic heterocycles. The Morgan fingerprint density at radius 2 is 2.11 bits per heavy atom. The van der Waals surface area contributed by atoms with Crippen LogP contribution >= 0.6 is 11.3 Å². The summed E-state index contributed by atoms with van der Waals surface area (Å²) >= 11 is 1.79. The van der Waals surface area contributed by atoms with Crippen LogP contribution in [0.25, 0.3) is 0 Å². The summed E-state index contributed by atoms with van der Waals surface area (Å²) < 4.78 is 0. The van der Waals surface area contributed by atoms with Crippen LogP contribution in [0.4, 0.5) is 5.95 Å². The molecule has 0 aliphatic carbocycles. The summed E-state index contributed by atoms with van der Waals surface area (Å²) in [6.45, 7) is 1.74. The van der Waals surface area contributed by atoms with Gasteiger partial charge in [0.1, 0.15) is 0 Å². The quantitative estimate of drug-likeness (QED) is 0.864. The maximum Gasteiger partial charge on any atom is 0.225 e. The fraction of sp³-hybridized carbons (Fsp3) is 0.385. The van der Waals surface area contributed by atoms with Crippen LogP contribution in [0.2, 0.25) is 0 Å². The van der Waals surface area contributed by atoms with E-state index in [0.717, 1.165) is 31.0 Å². The van der Waals surface area contributed by atoms with E-state index in [0.29, 0.717) is 0 Å². The Balaban J connectivity index is 1.89. The normalized spacial score (nSPS) is 10.6. The van der Waals surface area contributed by atoms with E-state index in [1.54, 1.807) is 11.3 Å². The summed E-state index contributed by atoms with van der Waals surface area (Å²) in [5.74, 6) is 0.784. The molecule has 0 spiro atoms. The van der Waals surface area contributed by atoms with Gasteiger partial charge in [-0.25, -0.2) is 9.97 Å². The highest BCUT2D eigenvalue weighted by Crippen LogP contribution is 2.11. The van der Waals surface area contributed by atoms with Crippen LogP contribution in [0.5, 0.6) is 0 Å². The number of hydrogen-bond acceptors (Lipinski definition) is 5. The van der Waals surface area contributed by atoms with Crippen molar-refractivity contribution in [3.63, 3.8) is 0 Å². The fourth-order valence-corrected chi connectivity index (χ4v) is 2.37. The third-order valence-corrected chi connectivity index (χ3v) is 3.62. The Morgan fingerprint density at radius 3 is 2.72 bits per heavy atom. The summed E-state index contributed by atoms with van der Waals surface area (Å²) in [4.78, 5) is 12.2. The lowest BCUT2D eigenvalue weighted by Gasteiger charge is -2.16. The van der Waals surface area contributed by atoms with Gasteiger partial charge in [0.05, 0.1) is 0 Å². The summed E-state index contributed by atoms with van der Waals surface area (Å²) in [5.41, 5.74) is 1.10. The Kier molecular flexibility index (Phi) is 4.66. The van der Waals surface area contributed by atoms with E-state index in [1.165, 1.54) is 4.88 Å². The molecule has 0 aliphatic rings. The van der Waals surface area contributed by atoms with Crippen molar-refractivity contribution in [1.29, 1.82) is 0 Å². The van der Waals surface area contributed by atoms with Gasteiger partial charge in [-0.1, -0.05) is 6.07 Å². The van der Waals surface area contributed by atoms with Crippen molar-refractivity contribution in [1.82, 2.24) is 15.3 Å². The lowest BCUT2D eigenvalue weighted by Crippen LogP contribution is -2.22. The number of aromatic nitrogens is 2. The largest absolute Gasteiger partial charge is 0.344 e. The fourth-order valence-electron chi connectivity index (χ4n) is 1.67. The first-order valence-corrected chi connectivity index (χ1v) is 6.86. The first-order chi connectivity index (χ1) is 8.79. The number of likely N-dealkylation sites (N-methyl/N-ethyl adjacent to an activating group) is 1. The monoisotopic (exact) mass is 262 g/mol. The number of thiophene rings is 1. The molecule has 0 aromatic carbocycles. The van der Waals surface area contributed by atoms with Gasteiger partial charge in [-0.15, -0.1) is 11.3 Å². The van der Waals surface area contributed by atoms with E-state index < -0.39 is 0 Å². The van der Waals surface area contributed by atoms with Crippen molar-refractivity contribution >= 4 is 17.3 Å². The molecule has 0 radical (unpaired) electrons. The minimum Gasteiger partial charge on any atom is -0.344 e. The van der Waals surface area contributed by atoms with Crippen LogP contribution < -0.4 is 10.2 Å². The molecule has 4 nitrogen and oxygen atoms in total. The smallest absolute Gasteiger partial charge is 0.225 e. The molecule has 1 N–H and O–H groups in total. The molecule has 2 aromatic heterocycles. The van der Waals surface area contributed by atoms with Gasteiger partial charge in [-0.05, 0) is 24.9 Å². The van der Waals surface area contributed by atoms with Gasteiger partial charge in [0, 0.05) is 43.0 Å². The molecule has 0 fully saturated rings. The zero-order valence-electron chi connectivity index (χ0n) is 10.8. The Labute approximate surface area is 112 Å². The highest BCUT2D eigenvalue weighted by atomic mass is 32.1. The van der Waals surface area contributed by atoms with Gasteiger partial charge >= 0.3 is 0 Å². The molecule has 2 heterocycles. The van der Waals surface area contributed by atoms with Crippen molar-refractivity contribution in [3.8, 4) is 0 Å². The standard InChI is InChI=1S/C13H18N4S/c1-14-8-11-9-15-13(16-10-11)17(2)6-5-12-4-3-7-18-12/h3-4,7,9-10,14H,5-6,8H2,1-2H3. The number of nitrogens with zero attached hydrogens (tertiary/aromatic N) is 3. The third-order valence-electron chi connectivity index (χ3n) is 2.69. The number of rotatable bonds is 6. The molecule has 96 valence electrons. The molecule has 0 unspecified atom stereocenters. The molecular weight excluding hydrogens is 244 g/mol. The van der Waals surface area contributed by atoms with Crippen LogP contribution in [-0.2, 0) is 13.0 Å². The molecule has 0 amide bonds. The Bertz CT molecular complexity index is 452. The van der Waals surface area contributed by atoms with Gasteiger partial charge in [0.2, 0.25) is 5.95 Å². The van der Waals surface area contributed by atoms with Crippen molar-refractivity contribution in [2.75, 3.05) is 25.5 Å². The Morgan fingerprint density at radius 1 is 1.33 bits per heavy atom. The van der Waals surface area contributed by atoms with E-state index in [2.05, 4.69) is 37.7 Å². The third kappa shape index (κ3) is 3.51. The predicted octanol–water partition coefficient (Wildman–Crippen LogP) is 1.94. The first-order valence-electron chi connectivity index (χ1n) is 5.98. The van der Waals surface area contributed by atoms with Crippen LogP contribution in [0, 0.1) is 0 Å². The van der Waals surface area contributed by atoms with Crippen molar-refractivity contribution in [2.24, 2.45) is 0 Å². The number of hydrogen-bond donors (Lipinski definition) is 1. The SMILES string of the molecule is CNCc1cnc(N(C)CCc2cccs2)nc1. The molecule has 0 bridgehead atoms. The lowest BCUT2D eigenvalue weighted by atomic mass is 10.3. The summed E-state index contributed by atoms with van der Waals surface area (Å²) in [5, 5.41) is 5.19. The summed E-state index contributed by atoms with van der Waals surface area (Å²) in [6, 6.07) is 4.25. The van der Waals surface area contributed by atoms with E-state index in [-0.39, 0.29) is 0 Å². The maximum atomic E-state index is 4.38. The van der Waals surface area contributed by atoms with E-state index in [4.69, 9.17) is 0 Å². The van der Waals surface area contributed by atoms with Gasteiger partial charge in [-0.2, -0.15) is 0 Å². The number of anilines is 1. The van der Waals surface area contributed by atoms with E-state index in [1.807, 2.05) is 26.5 Å². The molecule has 2 aromatic rings. The summed E-state index contributed by atoms with van der Waals surface area (Å²) in [7, 11) is 3.95. The van der Waals surface area contributed by atoms with Gasteiger partial charge in [0.15, 0.2) is 0 Å². The highest BCUT2D eigenvalue weighted by molar-refractivity contribution is 7.09. The molecule has 0 saturated carbocycles. The Hall–Kier alpha value is -1.46. The van der Waals surface area contributed by atoms with Crippen LogP contribution in [0.15, 0.2) is 29.9 Å². The zero-order chi connectivity index (χ0) is 12.8. The molecule has 0 saturated heterocycles. The molecule has 0 atom stereocenters.